The van der Waals surface area contributed by atoms with E-state index < -0.39 is 23.4 Å². The molecule has 136 valence electrons. The van der Waals surface area contributed by atoms with Gasteiger partial charge in [-0.1, -0.05) is 17.7 Å². The molecule has 0 spiro atoms. The standard InChI is InChI=1S/C20H15F2N3O2/c1-12-2-4-14(5-3-12)24-19(26)13-8-9-23-18(10-13)20(27)25-15-6-7-16(21)17(22)11-15/h2-11H,1H3,(H,24,26)(H,25,27). The smallest absolute Gasteiger partial charge is 0.274 e. The Morgan fingerprint density at radius 3 is 2.19 bits per heavy atom. The molecule has 7 heteroatoms. The van der Waals surface area contributed by atoms with E-state index in [1.54, 1.807) is 12.1 Å². The number of hydrogen-bond acceptors (Lipinski definition) is 3. The number of carbonyl (C=O) groups is 2. The number of aromatic nitrogens is 1. The second kappa shape index (κ2) is 7.74. The van der Waals surface area contributed by atoms with Crippen LogP contribution < -0.4 is 10.6 Å². The maximum absolute atomic E-state index is 13.2. The predicted molar refractivity (Wildman–Crippen MR) is 97.7 cm³/mol. The quantitative estimate of drug-likeness (QED) is 0.727. The molecule has 2 N–H and O–H groups in total. The highest BCUT2D eigenvalue weighted by molar-refractivity contribution is 6.07. The van der Waals surface area contributed by atoms with Crippen LogP contribution in [0, 0.1) is 18.6 Å². The lowest BCUT2D eigenvalue weighted by atomic mass is 10.2. The van der Waals surface area contributed by atoms with Crippen molar-refractivity contribution in [3.63, 3.8) is 0 Å². The summed E-state index contributed by atoms with van der Waals surface area (Å²) in [5.74, 6) is -3.14. The van der Waals surface area contributed by atoms with E-state index >= 15 is 0 Å². The minimum Gasteiger partial charge on any atom is -0.322 e. The van der Waals surface area contributed by atoms with E-state index in [1.807, 2.05) is 19.1 Å². The lowest BCUT2D eigenvalue weighted by molar-refractivity contribution is 0.102. The molecule has 3 rings (SSSR count). The number of nitrogens with one attached hydrogen (secondary N) is 2. The summed E-state index contributed by atoms with van der Waals surface area (Å²) in [6, 6.07) is 13.0. The Kier molecular flexibility index (Phi) is 5.21. The van der Waals surface area contributed by atoms with Crippen LogP contribution in [0.25, 0.3) is 0 Å². The summed E-state index contributed by atoms with van der Waals surface area (Å²) in [5, 5.41) is 5.13. The molecule has 0 unspecified atom stereocenters. The van der Waals surface area contributed by atoms with Crippen LogP contribution >= 0.6 is 0 Å². The molecule has 0 aliphatic rings. The zero-order chi connectivity index (χ0) is 19.4. The van der Waals surface area contributed by atoms with Gasteiger partial charge in [0.15, 0.2) is 11.6 Å². The van der Waals surface area contributed by atoms with Crippen LogP contribution in [0.15, 0.2) is 60.8 Å². The molecule has 2 aromatic carbocycles. The van der Waals surface area contributed by atoms with Gasteiger partial charge in [0.1, 0.15) is 5.69 Å². The van der Waals surface area contributed by atoms with Crippen LogP contribution in [0.2, 0.25) is 0 Å². The summed E-state index contributed by atoms with van der Waals surface area (Å²) >= 11 is 0. The number of aryl methyl sites for hydroxylation is 1. The van der Waals surface area contributed by atoms with E-state index in [1.165, 1.54) is 24.4 Å². The van der Waals surface area contributed by atoms with Crippen molar-refractivity contribution in [1.29, 1.82) is 0 Å². The van der Waals surface area contributed by atoms with Crippen LogP contribution in [0.5, 0.6) is 0 Å². The summed E-state index contributed by atoms with van der Waals surface area (Å²) in [6.07, 6.45) is 1.32. The molecule has 1 heterocycles. The van der Waals surface area contributed by atoms with Gasteiger partial charge >= 0.3 is 0 Å². The summed E-state index contributed by atoms with van der Waals surface area (Å²) in [5.41, 5.74) is 1.97. The molecule has 3 aromatic rings. The van der Waals surface area contributed by atoms with Gasteiger partial charge < -0.3 is 10.6 Å². The number of amides is 2. The molecular formula is C20H15F2N3O2. The van der Waals surface area contributed by atoms with Gasteiger partial charge in [-0.15, -0.1) is 0 Å². The molecule has 0 bridgehead atoms. The first-order valence-corrected chi connectivity index (χ1v) is 8.03. The first-order valence-electron chi connectivity index (χ1n) is 8.03. The zero-order valence-corrected chi connectivity index (χ0v) is 14.3. The van der Waals surface area contributed by atoms with Gasteiger partial charge in [-0.2, -0.15) is 0 Å². The molecule has 0 atom stereocenters. The lowest BCUT2D eigenvalue weighted by Crippen LogP contribution is -2.17. The Morgan fingerprint density at radius 2 is 1.48 bits per heavy atom. The van der Waals surface area contributed by atoms with Crippen LogP contribution in [0.1, 0.15) is 26.4 Å². The van der Waals surface area contributed by atoms with Crippen LogP contribution in [0.3, 0.4) is 0 Å². The molecule has 0 fully saturated rings. The number of hydrogen-bond donors (Lipinski definition) is 2. The van der Waals surface area contributed by atoms with E-state index in [4.69, 9.17) is 0 Å². The minimum atomic E-state index is -1.08. The molecule has 0 aliphatic carbocycles. The van der Waals surface area contributed by atoms with E-state index in [0.29, 0.717) is 5.69 Å². The number of halogens is 2. The number of nitrogens with zero attached hydrogens (tertiary/aromatic N) is 1. The third kappa shape index (κ3) is 4.52. The Morgan fingerprint density at radius 1 is 0.815 bits per heavy atom. The lowest BCUT2D eigenvalue weighted by Gasteiger charge is -2.08. The monoisotopic (exact) mass is 367 g/mol. The van der Waals surface area contributed by atoms with Gasteiger partial charge in [-0.3, -0.25) is 14.6 Å². The molecule has 27 heavy (non-hydrogen) atoms. The predicted octanol–water partition coefficient (Wildman–Crippen LogP) is 4.17. The fourth-order valence-corrected chi connectivity index (χ4v) is 2.31. The average Bonchev–Trinajstić information content (AvgIpc) is 2.66. The number of carbonyl (C=O) groups excluding carboxylic acids is 2. The SMILES string of the molecule is Cc1ccc(NC(=O)c2ccnc(C(=O)Nc3ccc(F)c(F)c3)c2)cc1. The molecule has 5 nitrogen and oxygen atoms in total. The van der Waals surface area contributed by atoms with Gasteiger partial charge in [-0.25, -0.2) is 8.78 Å². The Balaban J connectivity index is 1.73. The third-order valence-corrected chi connectivity index (χ3v) is 3.74. The van der Waals surface area contributed by atoms with Crippen molar-refractivity contribution in [2.24, 2.45) is 0 Å². The van der Waals surface area contributed by atoms with Crippen molar-refractivity contribution in [2.45, 2.75) is 6.92 Å². The first-order chi connectivity index (χ1) is 12.9. The summed E-state index contributed by atoms with van der Waals surface area (Å²) in [6.45, 7) is 1.94. The molecule has 1 aromatic heterocycles. The van der Waals surface area contributed by atoms with Crippen LogP contribution in [-0.4, -0.2) is 16.8 Å². The van der Waals surface area contributed by atoms with Gasteiger partial charge in [0.2, 0.25) is 0 Å². The number of benzene rings is 2. The number of rotatable bonds is 4. The Hall–Kier alpha value is -3.61. The second-order valence-corrected chi connectivity index (χ2v) is 5.83. The molecular weight excluding hydrogens is 352 g/mol. The normalized spacial score (nSPS) is 10.3. The van der Waals surface area contributed by atoms with Crippen molar-refractivity contribution in [3.05, 3.63) is 89.2 Å². The zero-order valence-electron chi connectivity index (χ0n) is 14.3. The third-order valence-electron chi connectivity index (χ3n) is 3.74. The van der Waals surface area contributed by atoms with E-state index in [-0.39, 0.29) is 16.9 Å². The summed E-state index contributed by atoms with van der Waals surface area (Å²) in [7, 11) is 0. The highest BCUT2D eigenvalue weighted by atomic mass is 19.2. The van der Waals surface area contributed by atoms with Gasteiger partial charge in [-0.05, 0) is 43.3 Å². The van der Waals surface area contributed by atoms with E-state index in [9.17, 15) is 18.4 Å². The average molecular weight is 367 g/mol. The van der Waals surface area contributed by atoms with E-state index in [0.717, 1.165) is 17.7 Å². The summed E-state index contributed by atoms with van der Waals surface area (Å²) in [4.78, 5) is 28.5. The number of pyridine rings is 1. The maximum Gasteiger partial charge on any atom is 0.274 e. The minimum absolute atomic E-state index is 0.0312. The highest BCUT2D eigenvalue weighted by Gasteiger charge is 2.13. The van der Waals surface area contributed by atoms with Crippen molar-refractivity contribution >= 4 is 23.2 Å². The van der Waals surface area contributed by atoms with Gasteiger partial charge in [0.05, 0.1) is 0 Å². The Bertz CT molecular complexity index is 1000. The van der Waals surface area contributed by atoms with Crippen molar-refractivity contribution in [1.82, 2.24) is 4.98 Å². The fraction of sp³-hybridized carbons (Fsp3) is 0.0500. The largest absolute Gasteiger partial charge is 0.322 e. The topological polar surface area (TPSA) is 71.1 Å². The van der Waals surface area contributed by atoms with Crippen LogP contribution in [0.4, 0.5) is 20.2 Å². The molecule has 0 saturated carbocycles. The van der Waals surface area contributed by atoms with E-state index in [2.05, 4.69) is 15.6 Å². The maximum atomic E-state index is 13.2. The highest BCUT2D eigenvalue weighted by Crippen LogP contribution is 2.15. The molecule has 2 amide bonds. The Labute approximate surface area is 154 Å². The first kappa shape index (κ1) is 18.2. The molecule has 0 saturated heterocycles. The van der Waals surface area contributed by atoms with Crippen molar-refractivity contribution in [3.8, 4) is 0 Å². The molecule has 0 aliphatic heterocycles. The van der Waals surface area contributed by atoms with Gasteiger partial charge in [0, 0.05) is 29.2 Å². The van der Waals surface area contributed by atoms with Gasteiger partial charge in [0.25, 0.3) is 11.8 Å². The summed E-state index contributed by atoms with van der Waals surface area (Å²) < 4.78 is 26.2. The van der Waals surface area contributed by atoms with Crippen molar-refractivity contribution < 1.29 is 18.4 Å². The van der Waals surface area contributed by atoms with Crippen LogP contribution in [-0.2, 0) is 0 Å². The van der Waals surface area contributed by atoms with Crippen molar-refractivity contribution in [2.75, 3.05) is 10.6 Å². The second-order valence-electron chi connectivity index (χ2n) is 5.83. The number of anilines is 2. The molecule has 0 radical (unpaired) electrons. The fourth-order valence-electron chi connectivity index (χ4n) is 2.31.